The number of alkyl carbamates (subject to hydrolysis) is 5. The molecule has 3 aromatic rings. The summed E-state index contributed by atoms with van der Waals surface area (Å²) in [7, 11) is 3.58. The Hall–Kier alpha value is -8.87. The van der Waals surface area contributed by atoms with Gasteiger partial charge in [0.05, 0.1) is 12.1 Å². The van der Waals surface area contributed by atoms with Crippen LogP contribution >= 0.6 is 20.8 Å². The summed E-state index contributed by atoms with van der Waals surface area (Å²) >= 11 is 4.97. The molecule has 2 aromatic carbocycles. The van der Waals surface area contributed by atoms with Gasteiger partial charge in [-0.3, -0.25) is 19.3 Å². The highest BCUT2D eigenvalue weighted by Gasteiger charge is 2.46. The second kappa shape index (κ2) is 82.5. The van der Waals surface area contributed by atoms with Gasteiger partial charge >= 0.3 is 35.9 Å². The third-order valence-corrected chi connectivity index (χ3v) is 16.5. The molecule has 3 heterocycles. The van der Waals surface area contributed by atoms with Crippen LogP contribution in [0.15, 0.2) is 70.7 Å². The summed E-state index contributed by atoms with van der Waals surface area (Å²) in [6, 6.07) is 15.8. The summed E-state index contributed by atoms with van der Waals surface area (Å²) in [6.07, 6.45) is 7.01. The first-order valence-corrected chi connectivity index (χ1v) is 49.6. The molecule has 1 saturated heterocycles. The Morgan fingerprint density at radius 2 is 0.929 bits per heavy atom. The lowest BCUT2D eigenvalue weighted by molar-refractivity contribution is -0.110. The van der Waals surface area contributed by atoms with Gasteiger partial charge in [0.1, 0.15) is 59.2 Å². The molecule has 2 unspecified atom stereocenters. The van der Waals surface area contributed by atoms with Crippen molar-refractivity contribution in [2.75, 3.05) is 72.2 Å². The lowest BCUT2D eigenvalue weighted by atomic mass is 10.0. The molecule has 1 aromatic heterocycles. The van der Waals surface area contributed by atoms with Crippen LogP contribution in [-0.2, 0) is 57.6 Å². The Labute approximate surface area is 847 Å². The van der Waals surface area contributed by atoms with Crippen molar-refractivity contribution in [1.82, 2.24) is 51.6 Å². The second-order valence-corrected chi connectivity index (χ2v) is 41.7. The number of azide groups is 1. The number of nitrogens with zero attached hydrogens (tertiary/aromatic N) is 6. The smallest absolute Gasteiger partial charge is 0.407 e. The van der Waals surface area contributed by atoms with Gasteiger partial charge in [0.25, 0.3) is 5.91 Å². The summed E-state index contributed by atoms with van der Waals surface area (Å²) in [6.45, 7) is 76.3. The highest BCUT2D eigenvalue weighted by Crippen LogP contribution is 2.32. The minimum atomic E-state index is -0.821. The molecular weight excluding hydrogens is 1840 g/mol. The number of hydrogen-bond acceptors (Lipinski definition) is 27. The zero-order chi connectivity index (χ0) is 111. The van der Waals surface area contributed by atoms with Gasteiger partial charge in [0.15, 0.2) is 17.2 Å². The fraction of sp³-hybridized carbons (Fsp3) is 0.733. The van der Waals surface area contributed by atoms with Crippen LogP contribution < -0.4 is 65.6 Å². The van der Waals surface area contributed by atoms with Crippen molar-refractivity contribution in [3.05, 3.63) is 110 Å². The van der Waals surface area contributed by atoms with Crippen molar-refractivity contribution >= 4 is 81.0 Å². The molecule has 140 heavy (non-hydrogen) atoms. The maximum Gasteiger partial charge on any atom is 0.407 e. The molecule has 36 nitrogen and oxygen atoms in total. The number of hydrogen-bond donors (Lipinski definition) is 13. The van der Waals surface area contributed by atoms with E-state index >= 15 is 0 Å². The minimum absolute atomic E-state index is 0.0356. The number of carbonyl (C=O) groups excluding carboxylic acids is 10. The molecule has 39 heteroatoms. The number of benzene rings is 2. The number of aryl methyl sites for hydroxylation is 1. The highest BCUT2D eigenvalue weighted by atomic mass is 35.5. The first-order valence-electron chi connectivity index (χ1n) is 48.4. The molecule has 0 bridgehead atoms. The van der Waals surface area contributed by atoms with Crippen molar-refractivity contribution in [3.63, 3.8) is 0 Å². The number of rotatable bonds is 31. The Morgan fingerprint density at radius 3 is 1.25 bits per heavy atom. The quantitative estimate of drug-likeness (QED) is 0.00416. The Bertz CT molecular complexity index is 3830. The molecule has 1 fully saturated rings. The van der Waals surface area contributed by atoms with Crippen LogP contribution in [-0.4, -0.2) is 239 Å². The highest BCUT2D eigenvalue weighted by molar-refractivity contribution is 7.16. The predicted molar refractivity (Wildman–Crippen MR) is 569 cm³/mol. The molecule has 2 aliphatic heterocycles. The SMILES string of the molecule is CC(C)C=O.CC(C)C=O.CC(C)CN1C[C@@H](C)N2C(=O)c3c(O)c(=O)c(C(=O)CCc4ccc(F)cc4)cn3CC12.CC(C)CNC[C@@H](C)N.CC(C)CNC[C@@H](C)NC(=O)OC(C)(C)C.CCC[C@H](C)N.CCC[C@H](C)NC(=O)OC(C)(C)C.CCP.CO.C[C@@H](CN)NC(=O)OC(C)(C)C.C[C@H](CN)NC(=O)OC(C)(C)C.C[C@H](CN=[N+]=[N-])NC(=O)OC(C)(C)C.O=C(Cl)OCc1ccccc1. The van der Waals surface area contributed by atoms with Crippen LogP contribution in [0.2, 0.25) is 0 Å². The summed E-state index contributed by atoms with van der Waals surface area (Å²) in [5.41, 5.74) is 27.3. The average molecular weight is 2030 g/mol. The van der Waals surface area contributed by atoms with Crippen LogP contribution in [0.5, 0.6) is 5.75 Å². The molecule has 2 aliphatic rings. The fourth-order valence-corrected chi connectivity index (χ4v) is 10.6. The number of nitrogens with two attached hydrogens (primary N) is 4. The Kier molecular flexibility index (Phi) is 86.4. The van der Waals surface area contributed by atoms with Gasteiger partial charge in [0.2, 0.25) is 5.43 Å². The molecule has 17 N–H and O–H groups in total. The zero-order valence-corrected chi connectivity index (χ0v) is 94.3. The van der Waals surface area contributed by atoms with Gasteiger partial charge < -0.3 is 118 Å². The van der Waals surface area contributed by atoms with E-state index in [4.69, 9.17) is 68.9 Å². The Morgan fingerprint density at radius 1 is 0.557 bits per heavy atom. The maximum atomic E-state index is 13.2. The number of Topliss-reactive ketones (excluding diaryl/α,β-unsaturated/α-hetero) is 1. The van der Waals surface area contributed by atoms with E-state index in [0.717, 1.165) is 95.3 Å². The standard InChI is InChI=1S/C24H28FN3O4.C12H26N2O2.C10H21NO2.C8H7ClO2.C8H16N4O2.2C8H18N2O2.C7H18N2.C5H13N.2C4H8O.C2H7P.CH4O/c1-14(2)10-26-11-15(3)28-20(26)13-27-12-18(22(30)23(31)21(27)24(28)32)19(29)9-6-16-4-7-17(25)8-5-16;1-9(2)7-13-8-10(3)14-11(15)16-12(4,5)6;1-6-7-8(2)11-9(12)13-10(3,4)5;9-8(10)11-6-7-4-2-1-3-5-7;1-6(5-10-12-9)11-7(13)14-8(2,3)4;2*1-6(5-9)10-7(11)12-8(2,3)4;1-6(2)4-9-5-7(3)8;1-3-4-5(2)6;2*1-4(2)3-5;1-2-3;1-2/h4-5,7-8,12,14-15,20,31H,6,9-11,13H2,1-3H3;9-10,13H,7-8H2,1-6H3,(H,14,15);8H,6-7H2,1-5H3,(H,11,12);1-5H,6H2;6H,5H2,1-4H3,(H,11,13);2*6H,5,9H2,1-4H3,(H,10,11);6-7,9H,4-5,8H2,1-3H3;5H,3-4,6H2,1-2H3;2*3-4H,1-2H3;2-3H2,1H3;2H,1H3/t15-,20?;10-;8-;;3*6-;7-;5-;;;;/m110.11010..../s1. The van der Waals surface area contributed by atoms with E-state index in [1.165, 1.54) is 30.9 Å². The minimum Gasteiger partial charge on any atom is -0.503 e. The predicted octanol–water partition coefficient (Wildman–Crippen LogP) is 17.9. The third kappa shape index (κ3) is 94.1. The van der Waals surface area contributed by atoms with Gasteiger partial charge in [-0.1, -0.05) is 150 Å². The first-order chi connectivity index (χ1) is 64.4. The monoisotopic (exact) mass is 2030 g/mol. The Balaban J connectivity index is -0.000000237. The number of pyridine rings is 1. The van der Waals surface area contributed by atoms with Gasteiger partial charge in [-0.25, -0.2) is 33.2 Å². The molecule has 10 atom stereocenters. The number of halogens is 2. The maximum absolute atomic E-state index is 13.2. The van der Waals surface area contributed by atoms with E-state index in [1.807, 2.05) is 190 Å². The number of aromatic nitrogens is 1. The molecule has 814 valence electrons. The molecular formula is C101H192ClFN17O19P. The first kappa shape index (κ1) is 146. The largest absolute Gasteiger partial charge is 0.503 e. The van der Waals surface area contributed by atoms with Crippen LogP contribution in [0.4, 0.5) is 33.2 Å². The molecule has 0 spiro atoms. The fourth-order valence-electron chi connectivity index (χ4n) is 10.6. The summed E-state index contributed by atoms with van der Waals surface area (Å²) in [4.78, 5) is 130. The van der Waals surface area contributed by atoms with E-state index in [-0.39, 0.29) is 115 Å². The van der Waals surface area contributed by atoms with Gasteiger partial charge in [-0.2, -0.15) is 0 Å². The molecule has 0 aliphatic carbocycles. The lowest BCUT2D eigenvalue weighted by Gasteiger charge is -2.38. The summed E-state index contributed by atoms with van der Waals surface area (Å²) in [5, 5.41) is 40.8. The van der Waals surface area contributed by atoms with E-state index in [1.54, 1.807) is 49.3 Å². The van der Waals surface area contributed by atoms with Gasteiger partial charge in [-0.15, -0.1) is 9.24 Å². The average Bonchev–Trinajstić information content (AvgIpc) is 1.55. The second-order valence-electron chi connectivity index (χ2n) is 40.6. The molecule has 0 saturated carbocycles. The normalized spacial score (nSPS) is 14.2. The molecule has 6 amide bonds. The van der Waals surface area contributed by atoms with Crippen LogP contribution in [0.1, 0.15) is 313 Å². The number of ether oxygens (including phenoxy) is 6. The number of nitrogens with one attached hydrogen (secondary N) is 7. The van der Waals surface area contributed by atoms with E-state index in [0.29, 0.717) is 43.9 Å². The van der Waals surface area contributed by atoms with Gasteiger partial charge in [-0.05, 0) is 244 Å². The van der Waals surface area contributed by atoms with Crippen molar-refractivity contribution in [3.8, 4) is 5.75 Å². The molecule has 0 radical (unpaired) electrons. The number of amides is 6. The van der Waals surface area contributed by atoms with Crippen molar-refractivity contribution in [2.45, 2.75) is 383 Å². The number of aliphatic hydroxyl groups excluding tert-OH is 1. The van der Waals surface area contributed by atoms with E-state index in [2.05, 4.69) is 128 Å². The zero-order valence-electron chi connectivity index (χ0n) is 92.4. The number of carbonyl (C=O) groups is 10. The van der Waals surface area contributed by atoms with Crippen molar-refractivity contribution < 1.29 is 91.0 Å². The number of aliphatic hydroxyl groups is 1. The lowest BCUT2D eigenvalue weighted by Crippen LogP contribution is -2.52. The van der Waals surface area contributed by atoms with E-state index in [9.17, 15) is 62.2 Å². The van der Waals surface area contributed by atoms with Crippen molar-refractivity contribution in [1.29, 1.82) is 0 Å². The van der Waals surface area contributed by atoms with Crippen LogP contribution in [0.3, 0.4) is 0 Å². The number of aldehydes is 2. The van der Waals surface area contributed by atoms with Crippen LogP contribution in [0, 0.1) is 35.4 Å². The van der Waals surface area contributed by atoms with Crippen molar-refractivity contribution in [2.24, 2.45) is 57.6 Å². The van der Waals surface area contributed by atoms with Crippen LogP contribution in [0.25, 0.3) is 10.4 Å². The topological polar surface area (TPSA) is 532 Å². The molecule has 5 rings (SSSR count). The number of ketones is 1. The van der Waals surface area contributed by atoms with Gasteiger partial charge in [0, 0.05) is 142 Å². The van der Waals surface area contributed by atoms with E-state index < -0.39 is 68.7 Å². The third-order valence-electron chi connectivity index (χ3n) is 16.4. The summed E-state index contributed by atoms with van der Waals surface area (Å²) in [5.74, 6) is 0.339. The number of fused-ring (bicyclic) bond motifs is 2. The number of aromatic hydroxyl groups is 1. The summed E-state index contributed by atoms with van der Waals surface area (Å²) < 4.78 is 44.5.